The molecule has 1 aromatic carbocycles. The van der Waals surface area contributed by atoms with Crippen molar-refractivity contribution in [3.8, 4) is 5.75 Å². The van der Waals surface area contributed by atoms with Gasteiger partial charge < -0.3 is 5.11 Å². The molecule has 6 unspecified atom stereocenters. The minimum atomic E-state index is -1.96. The summed E-state index contributed by atoms with van der Waals surface area (Å²) in [5.41, 5.74) is 0.711. The Morgan fingerprint density at radius 2 is 1.84 bits per heavy atom. The number of aromatic hydroxyl groups is 1. The van der Waals surface area contributed by atoms with E-state index in [0.717, 1.165) is 4.90 Å². The standard InChI is InChI=1S/C21H16BrCl3N2O5/c22-7-27-18(31)20(24)6-12-9(2-3-10-14(12)17(30)26-16(10)29)15(21(20,25)19(27)32)11-5-8(23)1-4-13(11)28/h1-2,4-5,10,12,14-15,28H,3,6-7H2,(H,26,29,30). The molecule has 1 aromatic rings. The summed E-state index contributed by atoms with van der Waals surface area (Å²) in [7, 11) is 0. The largest absolute Gasteiger partial charge is 0.508 e. The van der Waals surface area contributed by atoms with Gasteiger partial charge in [0.25, 0.3) is 11.8 Å². The van der Waals surface area contributed by atoms with Crippen LogP contribution in [0.1, 0.15) is 24.3 Å². The number of likely N-dealkylation sites (tertiary alicyclic amines) is 1. The molecule has 1 saturated carbocycles. The molecule has 2 N–H and O–H groups in total. The molecule has 2 heterocycles. The average Bonchev–Trinajstić information content (AvgIpc) is 3.11. The predicted molar refractivity (Wildman–Crippen MR) is 120 cm³/mol. The first-order valence-electron chi connectivity index (χ1n) is 9.89. The van der Waals surface area contributed by atoms with E-state index >= 15 is 0 Å². The van der Waals surface area contributed by atoms with E-state index < -0.39 is 51.1 Å². The van der Waals surface area contributed by atoms with E-state index in [-0.39, 0.29) is 40.5 Å². The molecule has 0 spiro atoms. The van der Waals surface area contributed by atoms with Gasteiger partial charge in [0.05, 0.1) is 17.3 Å². The van der Waals surface area contributed by atoms with Crippen LogP contribution >= 0.6 is 50.7 Å². The van der Waals surface area contributed by atoms with Gasteiger partial charge in [-0.1, -0.05) is 39.2 Å². The van der Waals surface area contributed by atoms with E-state index in [2.05, 4.69) is 21.2 Å². The Kier molecular flexibility index (Phi) is 4.99. The Morgan fingerprint density at radius 3 is 2.53 bits per heavy atom. The van der Waals surface area contributed by atoms with Crippen LogP contribution in [-0.2, 0) is 19.2 Å². The number of hydrogen-bond acceptors (Lipinski definition) is 5. The molecule has 3 fully saturated rings. The molecule has 32 heavy (non-hydrogen) atoms. The Labute approximate surface area is 206 Å². The molecule has 7 nitrogen and oxygen atoms in total. The molecule has 5 rings (SSSR count). The van der Waals surface area contributed by atoms with Gasteiger partial charge in [0, 0.05) is 16.5 Å². The second-order valence-electron chi connectivity index (χ2n) is 8.54. The number of benzene rings is 1. The molecular formula is C21H16BrCl3N2O5. The fourth-order valence-corrected chi connectivity index (χ4v) is 7.36. The maximum Gasteiger partial charge on any atom is 0.254 e. The number of carbonyl (C=O) groups excluding carboxylic acids is 4. The Balaban J connectivity index is 1.79. The summed E-state index contributed by atoms with van der Waals surface area (Å²) < 4.78 is 0. The first-order valence-corrected chi connectivity index (χ1v) is 12.1. The van der Waals surface area contributed by atoms with E-state index in [4.69, 9.17) is 34.8 Å². The van der Waals surface area contributed by atoms with Gasteiger partial charge in [-0.05, 0) is 37.0 Å². The number of phenolic OH excluding ortho intramolecular Hbond substituents is 1. The van der Waals surface area contributed by atoms with Crippen molar-refractivity contribution in [2.75, 3.05) is 5.45 Å². The van der Waals surface area contributed by atoms with Crippen LogP contribution in [0.2, 0.25) is 5.02 Å². The lowest BCUT2D eigenvalue weighted by molar-refractivity contribution is -0.138. The zero-order valence-electron chi connectivity index (χ0n) is 16.3. The van der Waals surface area contributed by atoms with E-state index in [0.29, 0.717) is 5.57 Å². The Hall–Kier alpha value is -1.61. The van der Waals surface area contributed by atoms with Crippen LogP contribution in [0.3, 0.4) is 0 Å². The van der Waals surface area contributed by atoms with Crippen molar-refractivity contribution in [2.24, 2.45) is 17.8 Å². The third-order valence-electron chi connectivity index (χ3n) is 7.16. The molecule has 4 aliphatic rings. The van der Waals surface area contributed by atoms with Crippen molar-refractivity contribution in [3.63, 3.8) is 0 Å². The van der Waals surface area contributed by atoms with Crippen LogP contribution in [0, 0.1) is 17.8 Å². The highest BCUT2D eigenvalue weighted by atomic mass is 79.9. The highest BCUT2D eigenvalue weighted by Crippen LogP contribution is 2.65. The number of fused-ring (bicyclic) bond motifs is 4. The second kappa shape index (κ2) is 7.19. The number of carbonyl (C=O) groups is 4. The molecule has 0 bridgehead atoms. The van der Waals surface area contributed by atoms with Crippen molar-refractivity contribution in [2.45, 2.75) is 28.5 Å². The number of phenols is 1. The quantitative estimate of drug-likeness (QED) is 0.250. The van der Waals surface area contributed by atoms with Crippen LogP contribution in [0.5, 0.6) is 5.75 Å². The molecule has 4 amide bonds. The zero-order valence-corrected chi connectivity index (χ0v) is 20.1. The monoisotopic (exact) mass is 560 g/mol. The van der Waals surface area contributed by atoms with Gasteiger partial charge >= 0.3 is 0 Å². The normalized spacial score (nSPS) is 38.2. The highest BCUT2D eigenvalue weighted by Gasteiger charge is 2.76. The number of hydrogen-bond donors (Lipinski definition) is 2. The predicted octanol–water partition coefficient (Wildman–Crippen LogP) is 3.04. The first-order chi connectivity index (χ1) is 15.1. The fourth-order valence-electron chi connectivity index (χ4n) is 5.77. The number of allylic oxidation sites excluding steroid dienone is 2. The molecule has 0 radical (unpaired) electrons. The fraction of sp³-hybridized carbons (Fsp3) is 0.429. The van der Waals surface area contributed by atoms with Crippen molar-refractivity contribution in [3.05, 3.63) is 40.4 Å². The van der Waals surface area contributed by atoms with Crippen molar-refractivity contribution in [1.82, 2.24) is 10.2 Å². The number of amides is 4. The van der Waals surface area contributed by atoms with Crippen LogP contribution in [0.25, 0.3) is 0 Å². The molecule has 0 aromatic heterocycles. The van der Waals surface area contributed by atoms with Crippen molar-refractivity contribution < 1.29 is 24.3 Å². The number of nitrogens with one attached hydrogen (secondary N) is 1. The van der Waals surface area contributed by atoms with Crippen LogP contribution in [-0.4, -0.2) is 48.8 Å². The maximum absolute atomic E-state index is 13.5. The molecule has 2 saturated heterocycles. The summed E-state index contributed by atoms with van der Waals surface area (Å²) in [6, 6.07) is 4.34. The third kappa shape index (κ3) is 2.61. The minimum Gasteiger partial charge on any atom is -0.508 e. The molecule has 2 aliphatic carbocycles. The lowest BCUT2D eigenvalue weighted by atomic mass is 9.56. The van der Waals surface area contributed by atoms with Gasteiger partial charge in [-0.3, -0.25) is 29.4 Å². The van der Waals surface area contributed by atoms with Gasteiger partial charge in [0.2, 0.25) is 11.8 Å². The highest BCUT2D eigenvalue weighted by molar-refractivity contribution is 9.09. The van der Waals surface area contributed by atoms with Gasteiger partial charge in [-0.25, -0.2) is 0 Å². The Morgan fingerprint density at radius 1 is 1.12 bits per heavy atom. The minimum absolute atomic E-state index is 0.0995. The first kappa shape index (κ1) is 22.2. The summed E-state index contributed by atoms with van der Waals surface area (Å²) in [4.78, 5) is 48.9. The van der Waals surface area contributed by atoms with E-state index in [1.807, 2.05) is 0 Å². The number of alkyl halides is 3. The molecular weight excluding hydrogens is 547 g/mol. The molecule has 6 atom stereocenters. The molecule has 2 aliphatic heterocycles. The summed E-state index contributed by atoms with van der Waals surface area (Å²) in [6.45, 7) is 0. The van der Waals surface area contributed by atoms with Crippen LogP contribution < -0.4 is 5.32 Å². The summed E-state index contributed by atoms with van der Waals surface area (Å²) >= 11 is 23.4. The van der Waals surface area contributed by atoms with Gasteiger partial charge in [-0.15, -0.1) is 23.2 Å². The number of nitrogens with zero attached hydrogens (tertiary/aromatic N) is 1. The third-order valence-corrected chi connectivity index (χ3v) is 9.31. The lowest BCUT2D eigenvalue weighted by Gasteiger charge is -2.50. The Bertz CT molecular complexity index is 1140. The van der Waals surface area contributed by atoms with E-state index in [1.165, 1.54) is 18.2 Å². The van der Waals surface area contributed by atoms with E-state index in [1.54, 1.807) is 6.08 Å². The zero-order chi connectivity index (χ0) is 23.2. The van der Waals surface area contributed by atoms with Gasteiger partial charge in [0.15, 0.2) is 9.75 Å². The number of halogens is 4. The molecule has 11 heteroatoms. The number of rotatable bonds is 2. The summed E-state index contributed by atoms with van der Waals surface area (Å²) in [5, 5.41) is 13.4. The average molecular weight is 563 g/mol. The summed E-state index contributed by atoms with van der Waals surface area (Å²) in [6.07, 6.45) is 1.94. The second-order valence-corrected chi connectivity index (χ2v) is 10.7. The smallest absolute Gasteiger partial charge is 0.254 e. The van der Waals surface area contributed by atoms with Crippen LogP contribution in [0.4, 0.5) is 0 Å². The number of imide groups is 2. The van der Waals surface area contributed by atoms with Gasteiger partial charge in [-0.2, -0.15) is 0 Å². The topological polar surface area (TPSA) is 104 Å². The maximum atomic E-state index is 13.5. The van der Waals surface area contributed by atoms with Crippen molar-refractivity contribution >= 4 is 74.4 Å². The van der Waals surface area contributed by atoms with E-state index in [9.17, 15) is 24.3 Å². The van der Waals surface area contributed by atoms with Crippen molar-refractivity contribution in [1.29, 1.82) is 0 Å². The molecule has 168 valence electrons. The van der Waals surface area contributed by atoms with Gasteiger partial charge in [0.1, 0.15) is 5.75 Å². The lowest BCUT2D eigenvalue weighted by Crippen LogP contribution is -2.60. The van der Waals surface area contributed by atoms with Crippen LogP contribution in [0.15, 0.2) is 29.8 Å². The SMILES string of the molecule is O=C1NC(=O)C2C1CC=C1C2CC2(Cl)C(=O)N(CBr)C(=O)C2(Cl)C1c1cc(Cl)ccc1O. The summed E-state index contributed by atoms with van der Waals surface area (Å²) in [5.74, 6) is -5.38.